The highest BCUT2D eigenvalue weighted by atomic mass is 19.4. The Hall–Kier alpha value is -4.75. The number of carbonyl (C=O) groups is 3. The van der Waals surface area contributed by atoms with Gasteiger partial charge in [0.15, 0.2) is 11.5 Å². The van der Waals surface area contributed by atoms with E-state index in [2.05, 4.69) is 5.32 Å². The van der Waals surface area contributed by atoms with E-state index >= 15 is 0 Å². The fourth-order valence-electron chi connectivity index (χ4n) is 5.85. The third kappa shape index (κ3) is 6.46. The van der Waals surface area contributed by atoms with Crippen LogP contribution in [0.25, 0.3) is 0 Å². The van der Waals surface area contributed by atoms with Crippen molar-refractivity contribution in [3.8, 4) is 11.5 Å². The van der Waals surface area contributed by atoms with E-state index in [1.807, 2.05) is 0 Å². The molecule has 3 N–H and O–H groups in total. The molecule has 0 aromatic heterocycles. The molecular formula is C33H30F4N2O7. The smallest absolute Gasteiger partial charge is 0.416 e. The molecule has 5 rings (SSSR count). The van der Waals surface area contributed by atoms with E-state index in [4.69, 9.17) is 9.47 Å². The molecule has 4 unspecified atom stereocenters. The summed E-state index contributed by atoms with van der Waals surface area (Å²) in [6.07, 6.45) is -5.21. The summed E-state index contributed by atoms with van der Waals surface area (Å²) in [5.41, 5.74) is 0.103. The average molecular weight is 643 g/mol. The van der Waals surface area contributed by atoms with Gasteiger partial charge in [0, 0.05) is 35.4 Å². The minimum atomic E-state index is -4.63. The number of aliphatic hydroxyl groups excluding tert-OH is 2. The highest BCUT2D eigenvalue weighted by Gasteiger charge is 2.51. The van der Waals surface area contributed by atoms with Crippen molar-refractivity contribution in [2.45, 2.75) is 36.8 Å². The zero-order valence-corrected chi connectivity index (χ0v) is 24.5. The average Bonchev–Trinajstić information content (AvgIpc) is 3.43. The third-order valence-electron chi connectivity index (χ3n) is 8.02. The number of fused-ring (bicyclic) bond motifs is 3. The molecule has 1 aliphatic carbocycles. The topological polar surface area (TPSA) is 125 Å². The summed E-state index contributed by atoms with van der Waals surface area (Å²) >= 11 is 0. The lowest BCUT2D eigenvalue weighted by Gasteiger charge is -2.40. The number of halogens is 4. The zero-order chi connectivity index (χ0) is 33.2. The molecule has 1 aliphatic heterocycles. The second-order valence-corrected chi connectivity index (χ2v) is 10.9. The van der Waals surface area contributed by atoms with Crippen LogP contribution in [0.4, 0.5) is 17.6 Å². The monoisotopic (exact) mass is 642 g/mol. The fourth-order valence-corrected chi connectivity index (χ4v) is 5.85. The summed E-state index contributed by atoms with van der Waals surface area (Å²) < 4.78 is 65.3. The van der Waals surface area contributed by atoms with Crippen LogP contribution in [0.2, 0.25) is 0 Å². The van der Waals surface area contributed by atoms with Crippen molar-refractivity contribution >= 4 is 18.1 Å². The van der Waals surface area contributed by atoms with Crippen molar-refractivity contribution in [1.82, 2.24) is 10.2 Å². The number of aldehydes is 1. The number of carbonyl (C=O) groups excluding carboxylic acids is 3. The van der Waals surface area contributed by atoms with Crippen LogP contribution in [-0.2, 0) is 17.4 Å². The Morgan fingerprint density at radius 1 is 1.11 bits per heavy atom. The van der Waals surface area contributed by atoms with Crippen LogP contribution in [0.15, 0.2) is 72.3 Å². The molecule has 9 nitrogen and oxygen atoms in total. The van der Waals surface area contributed by atoms with Crippen molar-refractivity contribution in [2.75, 3.05) is 26.8 Å². The van der Waals surface area contributed by atoms with Crippen molar-refractivity contribution < 1.29 is 51.6 Å². The Kier molecular flexibility index (Phi) is 9.44. The second-order valence-electron chi connectivity index (χ2n) is 10.9. The fraction of sp³-hybridized carbons (Fsp3) is 0.303. The van der Waals surface area contributed by atoms with Gasteiger partial charge >= 0.3 is 6.18 Å². The standard InChI is InChI=1S/C33H30F4N2O7/c1-45-26-15-19(17-41)14-23-27-24(31(43)38-10-12-40)16-25(28(42)30(27)46-29(23)26)39(11-9-18-3-2-4-22(34)13-18)32(44)20-5-7-21(8-6-20)33(35,36)37/h2-8,13-17,25,27-28,30,40,42H,9-12H2,1H3,(H,38,43). The molecule has 4 atom stereocenters. The van der Waals surface area contributed by atoms with Crippen LogP contribution in [0.3, 0.4) is 0 Å². The van der Waals surface area contributed by atoms with E-state index in [0.29, 0.717) is 17.4 Å². The lowest BCUT2D eigenvalue weighted by Crippen LogP contribution is -2.56. The van der Waals surface area contributed by atoms with Gasteiger partial charge in [0.25, 0.3) is 5.91 Å². The number of hydrogen-bond acceptors (Lipinski definition) is 7. The number of nitrogens with one attached hydrogen (secondary N) is 1. The van der Waals surface area contributed by atoms with Gasteiger partial charge in [-0.3, -0.25) is 14.4 Å². The minimum absolute atomic E-state index is 0.0635. The molecule has 13 heteroatoms. The molecule has 0 spiro atoms. The molecule has 0 fully saturated rings. The number of alkyl halides is 3. The molecule has 2 aliphatic rings. The SMILES string of the molecule is COc1cc(C=O)cc2c1OC1C2C(C(=O)NCCO)=CC(N(CCc2cccc(F)c2)C(=O)c2ccc(C(F)(F)F)cc2)C1O. The Bertz CT molecular complexity index is 1660. The van der Waals surface area contributed by atoms with Crippen molar-refractivity contribution in [2.24, 2.45) is 0 Å². The van der Waals surface area contributed by atoms with E-state index in [9.17, 15) is 42.2 Å². The summed E-state index contributed by atoms with van der Waals surface area (Å²) in [6, 6.07) is 10.9. The van der Waals surface area contributed by atoms with E-state index in [0.717, 1.165) is 24.3 Å². The zero-order valence-electron chi connectivity index (χ0n) is 24.5. The van der Waals surface area contributed by atoms with Gasteiger partial charge in [-0.2, -0.15) is 13.2 Å². The Labute approximate surface area is 261 Å². The molecule has 0 saturated heterocycles. The first-order chi connectivity index (χ1) is 22.0. The molecule has 2 amide bonds. The van der Waals surface area contributed by atoms with Gasteiger partial charge in [-0.1, -0.05) is 12.1 Å². The summed E-state index contributed by atoms with van der Waals surface area (Å²) in [5, 5.41) is 23.7. The predicted molar refractivity (Wildman–Crippen MR) is 156 cm³/mol. The molecule has 242 valence electrons. The first-order valence-electron chi connectivity index (χ1n) is 14.3. The van der Waals surface area contributed by atoms with E-state index in [1.54, 1.807) is 6.07 Å². The van der Waals surface area contributed by atoms with Gasteiger partial charge in [-0.15, -0.1) is 0 Å². The van der Waals surface area contributed by atoms with Gasteiger partial charge in [0.2, 0.25) is 5.91 Å². The van der Waals surface area contributed by atoms with Crippen LogP contribution in [0.1, 0.15) is 43.3 Å². The third-order valence-corrected chi connectivity index (χ3v) is 8.02. The summed E-state index contributed by atoms with van der Waals surface area (Å²) in [6.45, 7) is -0.614. The van der Waals surface area contributed by atoms with E-state index < -0.39 is 53.5 Å². The van der Waals surface area contributed by atoms with Gasteiger partial charge in [0.05, 0.1) is 31.2 Å². The molecule has 46 heavy (non-hydrogen) atoms. The van der Waals surface area contributed by atoms with E-state index in [-0.39, 0.29) is 54.3 Å². The number of hydrogen-bond donors (Lipinski definition) is 3. The lowest BCUT2D eigenvalue weighted by atomic mass is 9.77. The van der Waals surface area contributed by atoms with Gasteiger partial charge in [-0.05, 0) is 66.6 Å². The van der Waals surface area contributed by atoms with Crippen LogP contribution < -0.4 is 14.8 Å². The van der Waals surface area contributed by atoms with Crippen molar-refractivity contribution in [3.63, 3.8) is 0 Å². The van der Waals surface area contributed by atoms with Crippen molar-refractivity contribution in [1.29, 1.82) is 0 Å². The number of aliphatic hydroxyl groups is 2. The Morgan fingerprint density at radius 2 is 1.85 bits per heavy atom. The molecular weight excluding hydrogens is 612 g/mol. The van der Waals surface area contributed by atoms with Crippen LogP contribution in [-0.4, -0.2) is 78.3 Å². The highest BCUT2D eigenvalue weighted by molar-refractivity contribution is 5.98. The number of methoxy groups -OCH3 is 1. The maximum Gasteiger partial charge on any atom is 0.416 e. The normalized spacial score (nSPS) is 20.1. The van der Waals surface area contributed by atoms with Crippen LogP contribution >= 0.6 is 0 Å². The molecule has 0 radical (unpaired) electrons. The first kappa shape index (κ1) is 32.6. The second kappa shape index (κ2) is 13.3. The molecule has 0 bridgehead atoms. The summed E-state index contributed by atoms with van der Waals surface area (Å²) in [4.78, 5) is 40.4. The van der Waals surface area contributed by atoms with E-state index in [1.165, 1.54) is 48.4 Å². The predicted octanol–water partition coefficient (Wildman–Crippen LogP) is 3.67. The van der Waals surface area contributed by atoms with Gasteiger partial charge in [0.1, 0.15) is 24.3 Å². The summed E-state index contributed by atoms with van der Waals surface area (Å²) in [7, 11) is 1.36. The number of nitrogens with zero attached hydrogens (tertiary/aromatic N) is 1. The quantitative estimate of drug-likeness (QED) is 0.228. The van der Waals surface area contributed by atoms with Gasteiger partial charge < -0.3 is 29.9 Å². The molecule has 1 heterocycles. The molecule has 0 saturated carbocycles. The number of amides is 2. The van der Waals surface area contributed by atoms with Crippen LogP contribution in [0, 0.1) is 5.82 Å². The number of benzene rings is 3. The van der Waals surface area contributed by atoms with Gasteiger partial charge in [-0.25, -0.2) is 4.39 Å². The van der Waals surface area contributed by atoms with Crippen LogP contribution in [0.5, 0.6) is 11.5 Å². The van der Waals surface area contributed by atoms with Crippen molar-refractivity contribution in [3.05, 3.63) is 106 Å². The maximum atomic E-state index is 14.0. The number of ether oxygens (including phenoxy) is 2. The lowest BCUT2D eigenvalue weighted by molar-refractivity contribution is -0.137. The summed E-state index contributed by atoms with van der Waals surface area (Å²) in [5.74, 6) is -2.46. The highest BCUT2D eigenvalue weighted by Crippen LogP contribution is 2.51. The first-order valence-corrected chi connectivity index (χ1v) is 14.3. The molecule has 3 aromatic carbocycles. The number of rotatable bonds is 10. The maximum absolute atomic E-state index is 14.0. The molecule has 3 aromatic rings. The largest absolute Gasteiger partial charge is 0.493 e. The Morgan fingerprint density at radius 3 is 2.48 bits per heavy atom. The minimum Gasteiger partial charge on any atom is -0.493 e. The Balaban J connectivity index is 1.60.